The molecule has 0 aromatic heterocycles. The summed E-state index contributed by atoms with van der Waals surface area (Å²) in [5.41, 5.74) is 5.84. The number of benzene rings is 3. The Morgan fingerprint density at radius 2 is 1.38 bits per heavy atom. The van der Waals surface area contributed by atoms with Crippen LogP contribution in [0.15, 0.2) is 78.0 Å². The SMILES string of the molecule is COC(=O)c1ccc(C2=NOC(c3ccc(C4CCCCC4)cc3)C2C(=O)c2ccc(C(C)(C)C)cc2)cc1. The molecule has 1 aliphatic heterocycles. The Morgan fingerprint density at radius 1 is 0.795 bits per heavy atom. The van der Waals surface area contributed by atoms with Gasteiger partial charge in [-0.15, -0.1) is 0 Å². The summed E-state index contributed by atoms with van der Waals surface area (Å²) in [6.45, 7) is 6.47. The van der Waals surface area contributed by atoms with Crippen LogP contribution in [-0.2, 0) is 15.0 Å². The Balaban J connectivity index is 1.47. The number of hydrogen-bond donors (Lipinski definition) is 0. The number of ketones is 1. The molecule has 3 aromatic rings. The fraction of sp³-hybridized carbons (Fsp3) is 0.382. The Kier molecular flexibility index (Phi) is 7.69. The molecule has 2 aliphatic rings. The Bertz CT molecular complexity index is 1340. The molecular weight excluding hydrogens is 486 g/mol. The largest absolute Gasteiger partial charge is 0.465 e. The lowest BCUT2D eigenvalue weighted by atomic mass is 9.80. The standard InChI is InChI=1S/C34H37NO4/c1-34(2,3)28-20-18-25(19-21-28)31(36)29-30(24-12-16-27(17-13-24)33(37)38-4)35-39-32(29)26-14-10-23(11-15-26)22-8-6-5-7-9-22/h10-22,29,32H,5-9H2,1-4H3. The minimum atomic E-state index is -0.616. The number of rotatable bonds is 6. The van der Waals surface area contributed by atoms with E-state index in [-0.39, 0.29) is 11.2 Å². The predicted molar refractivity (Wildman–Crippen MR) is 153 cm³/mol. The molecule has 0 radical (unpaired) electrons. The number of ether oxygens (including phenoxy) is 1. The van der Waals surface area contributed by atoms with Crippen LogP contribution in [0.5, 0.6) is 0 Å². The van der Waals surface area contributed by atoms with E-state index in [1.165, 1.54) is 50.3 Å². The number of methoxy groups -OCH3 is 1. The van der Waals surface area contributed by atoms with Gasteiger partial charge in [0, 0.05) is 11.1 Å². The number of carbonyl (C=O) groups is 2. The van der Waals surface area contributed by atoms with E-state index in [9.17, 15) is 9.59 Å². The van der Waals surface area contributed by atoms with Gasteiger partial charge in [-0.1, -0.05) is 106 Å². The summed E-state index contributed by atoms with van der Waals surface area (Å²) in [5, 5.41) is 4.44. The molecule has 202 valence electrons. The first-order valence-electron chi connectivity index (χ1n) is 13.9. The zero-order valence-corrected chi connectivity index (χ0v) is 23.3. The van der Waals surface area contributed by atoms with Gasteiger partial charge in [-0.25, -0.2) is 4.79 Å². The van der Waals surface area contributed by atoms with Crippen LogP contribution in [0.25, 0.3) is 0 Å². The number of carbonyl (C=O) groups excluding carboxylic acids is 2. The monoisotopic (exact) mass is 523 g/mol. The Labute approximate surface area is 231 Å². The first kappa shape index (κ1) is 26.9. The highest BCUT2D eigenvalue weighted by Gasteiger charge is 2.42. The van der Waals surface area contributed by atoms with E-state index < -0.39 is 18.0 Å². The zero-order chi connectivity index (χ0) is 27.6. The zero-order valence-electron chi connectivity index (χ0n) is 23.3. The summed E-state index contributed by atoms with van der Waals surface area (Å²) in [4.78, 5) is 32.0. The van der Waals surface area contributed by atoms with Gasteiger partial charge in [-0.05, 0) is 53.0 Å². The second kappa shape index (κ2) is 11.2. The van der Waals surface area contributed by atoms with Crippen LogP contribution in [0.1, 0.15) is 108 Å². The van der Waals surface area contributed by atoms with Crippen LogP contribution in [0.4, 0.5) is 0 Å². The molecular formula is C34H37NO4. The van der Waals surface area contributed by atoms with Gasteiger partial charge in [-0.3, -0.25) is 4.79 Å². The maximum atomic E-state index is 14.1. The number of oxime groups is 1. The van der Waals surface area contributed by atoms with Crippen LogP contribution in [0.2, 0.25) is 0 Å². The third-order valence-corrected chi connectivity index (χ3v) is 8.12. The molecule has 0 N–H and O–H groups in total. The molecule has 5 rings (SSSR count). The number of nitrogens with zero attached hydrogens (tertiary/aromatic N) is 1. The third kappa shape index (κ3) is 5.68. The average Bonchev–Trinajstić information content (AvgIpc) is 3.42. The van der Waals surface area contributed by atoms with Crippen molar-refractivity contribution in [3.05, 3.63) is 106 Å². The van der Waals surface area contributed by atoms with Gasteiger partial charge < -0.3 is 9.57 Å². The van der Waals surface area contributed by atoms with E-state index in [1.54, 1.807) is 24.3 Å². The predicted octanol–water partition coefficient (Wildman–Crippen LogP) is 7.79. The molecule has 0 spiro atoms. The first-order chi connectivity index (χ1) is 18.8. The minimum Gasteiger partial charge on any atom is -0.465 e. The molecule has 0 bridgehead atoms. The summed E-state index contributed by atoms with van der Waals surface area (Å²) in [6, 6.07) is 23.4. The second-order valence-corrected chi connectivity index (χ2v) is 11.7. The van der Waals surface area contributed by atoms with Crippen molar-refractivity contribution in [1.29, 1.82) is 0 Å². The van der Waals surface area contributed by atoms with Crippen LogP contribution >= 0.6 is 0 Å². The molecule has 1 fully saturated rings. The van der Waals surface area contributed by atoms with Gasteiger partial charge in [0.25, 0.3) is 0 Å². The lowest BCUT2D eigenvalue weighted by Crippen LogP contribution is -2.27. The normalized spacial score (nSPS) is 19.7. The first-order valence-corrected chi connectivity index (χ1v) is 13.9. The number of hydrogen-bond acceptors (Lipinski definition) is 5. The van der Waals surface area contributed by atoms with Crippen molar-refractivity contribution in [2.24, 2.45) is 11.1 Å². The fourth-order valence-corrected chi connectivity index (χ4v) is 5.72. The molecule has 0 amide bonds. The number of Topliss-reactive ketones (excluding diaryl/α,β-unsaturated/α-hetero) is 1. The Morgan fingerprint density at radius 3 is 1.97 bits per heavy atom. The Hall–Kier alpha value is -3.73. The highest BCUT2D eigenvalue weighted by molar-refractivity contribution is 6.19. The van der Waals surface area contributed by atoms with Crippen molar-refractivity contribution >= 4 is 17.5 Å². The maximum Gasteiger partial charge on any atom is 0.337 e. The summed E-state index contributed by atoms with van der Waals surface area (Å²) in [6.07, 6.45) is 5.84. The summed E-state index contributed by atoms with van der Waals surface area (Å²) < 4.78 is 4.83. The summed E-state index contributed by atoms with van der Waals surface area (Å²) >= 11 is 0. The van der Waals surface area contributed by atoms with Crippen LogP contribution < -0.4 is 0 Å². The quantitative estimate of drug-likeness (QED) is 0.244. The molecule has 39 heavy (non-hydrogen) atoms. The van der Waals surface area contributed by atoms with Crippen molar-refractivity contribution in [3.63, 3.8) is 0 Å². The van der Waals surface area contributed by atoms with Gasteiger partial charge in [0.2, 0.25) is 0 Å². The van der Waals surface area contributed by atoms with Crippen molar-refractivity contribution < 1.29 is 19.2 Å². The summed E-state index contributed by atoms with van der Waals surface area (Å²) in [7, 11) is 1.36. The van der Waals surface area contributed by atoms with E-state index in [4.69, 9.17) is 9.57 Å². The highest BCUT2D eigenvalue weighted by atomic mass is 16.6. The van der Waals surface area contributed by atoms with Crippen LogP contribution in [-0.4, -0.2) is 24.6 Å². The van der Waals surface area contributed by atoms with Crippen molar-refractivity contribution in [1.82, 2.24) is 0 Å². The van der Waals surface area contributed by atoms with Gasteiger partial charge in [-0.2, -0.15) is 0 Å². The lowest BCUT2D eigenvalue weighted by molar-refractivity contribution is 0.0532. The average molecular weight is 524 g/mol. The van der Waals surface area contributed by atoms with E-state index in [0.29, 0.717) is 22.8 Å². The molecule has 2 atom stereocenters. The lowest BCUT2D eigenvalue weighted by Gasteiger charge is -2.23. The van der Waals surface area contributed by atoms with E-state index in [1.807, 2.05) is 24.3 Å². The molecule has 0 saturated heterocycles. The summed E-state index contributed by atoms with van der Waals surface area (Å²) in [5.74, 6) is -0.454. The van der Waals surface area contributed by atoms with Gasteiger partial charge in [0.1, 0.15) is 11.6 Å². The van der Waals surface area contributed by atoms with Gasteiger partial charge in [0.05, 0.1) is 12.7 Å². The molecule has 2 unspecified atom stereocenters. The molecule has 3 aromatic carbocycles. The molecule has 5 heteroatoms. The van der Waals surface area contributed by atoms with E-state index >= 15 is 0 Å². The van der Waals surface area contributed by atoms with Gasteiger partial charge in [0.15, 0.2) is 11.9 Å². The number of esters is 1. The van der Waals surface area contributed by atoms with Crippen molar-refractivity contribution in [3.8, 4) is 0 Å². The highest BCUT2D eigenvalue weighted by Crippen LogP contribution is 2.39. The van der Waals surface area contributed by atoms with Crippen molar-refractivity contribution in [2.45, 2.75) is 70.3 Å². The van der Waals surface area contributed by atoms with E-state index in [2.05, 4.69) is 50.2 Å². The second-order valence-electron chi connectivity index (χ2n) is 11.7. The van der Waals surface area contributed by atoms with Gasteiger partial charge >= 0.3 is 5.97 Å². The van der Waals surface area contributed by atoms with E-state index in [0.717, 1.165) is 11.1 Å². The topological polar surface area (TPSA) is 65.0 Å². The molecule has 1 heterocycles. The smallest absolute Gasteiger partial charge is 0.337 e. The molecule has 5 nitrogen and oxygen atoms in total. The third-order valence-electron chi connectivity index (χ3n) is 8.12. The van der Waals surface area contributed by atoms with Crippen LogP contribution in [0.3, 0.4) is 0 Å². The fourth-order valence-electron chi connectivity index (χ4n) is 5.72. The van der Waals surface area contributed by atoms with Crippen molar-refractivity contribution in [2.75, 3.05) is 7.11 Å². The maximum absolute atomic E-state index is 14.1. The van der Waals surface area contributed by atoms with Crippen LogP contribution in [0, 0.1) is 5.92 Å². The molecule has 1 saturated carbocycles. The minimum absolute atomic E-state index is 0.00529. The molecule has 1 aliphatic carbocycles.